The fourth-order valence-corrected chi connectivity index (χ4v) is 2.68. The zero-order chi connectivity index (χ0) is 14.7. The fraction of sp³-hybridized carbons (Fsp3) is 0.429. The van der Waals surface area contributed by atoms with Crippen molar-refractivity contribution in [1.29, 1.82) is 0 Å². The summed E-state index contributed by atoms with van der Waals surface area (Å²) >= 11 is 0. The average molecular weight is 276 g/mol. The Labute approximate surface area is 118 Å². The van der Waals surface area contributed by atoms with Gasteiger partial charge in [0.25, 0.3) is 5.91 Å². The molecule has 1 aliphatic rings. The van der Waals surface area contributed by atoms with Crippen molar-refractivity contribution in [3.63, 3.8) is 0 Å². The number of primary amides is 1. The number of amides is 2. The number of nitrogen functional groups attached to an aromatic ring is 1. The predicted molar refractivity (Wildman–Crippen MR) is 78.4 cm³/mol. The second kappa shape index (κ2) is 5.81. The van der Waals surface area contributed by atoms with Gasteiger partial charge in [-0.15, -0.1) is 0 Å². The summed E-state index contributed by atoms with van der Waals surface area (Å²) < 4.78 is 0. The maximum absolute atomic E-state index is 12.0. The van der Waals surface area contributed by atoms with Crippen molar-refractivity contribution in [2.75, 3.05) is 24.2 Å². The number of carbonyl (C=O) groups excluding carboxylic acids is 2. The van der Waals surface area contributed by atoms with Crippen molar-refractivity contribution >= 4 is 23.2 Å². The van der Waals surface area contributed by atoms with E-state index in [2.05, 4.69) is 5.32 Å². The first-order chi connectivity index (χ1) is 9.56. The van der Waals surface area contributed by atoms with E-state index in [-0.39, 0.29) is 11.9 Å². The van der Waals surface area contributed by atoms with Crippen LogP contribution < -0.4 is 21.7 Å². The molecule has 0 aromatic heterocycles. The van der Waals surface area contributed by atoms with Gasteiger partial charge in [-0.3, -0.25) is 9.59 Å². The topological polar surface area (TPSA) is 101 Å². The van der Waals surface area contributed by atoms with E-state index in [0.717, 1.165) is 25.8 Å². The van der Waals surface area contributed by atoms with Crippen LogP contribution in [0.5, 0.6) is 0 Å². The van der Waals surface area contributed by atoms with Crippen LogP contribution in [0, 0.1) is 0 Å². The molecule has 0 radical (unpaired) electrons. The lowest BCUT2D eigenvalue weighted by molar-refractivity contribution is -0.122. The third-order valence-electron chi connectivity index (χ3n) is 3.71. The van der Waals surface area contributed by atoms with E-state index in [1.165, 1.54) is 0 Å². The predicted octanol–water partition coefficient (Wildman–Crippen LogP) is 0.473. The van der Waals surface area contributed by atoms with Crippen molar-refractivity contribution in [3.8, 4) is 0 Å². The number of nitrogens with one attached hydrogen (secondary N) is 1. The smallest absolute Gasteiger partial charge is 0.250 e. The van der Waals surface area contributed by atoms with Gasteiger partial charge in [-0.2, -0.15) is 0 Å². The Morgan fingerprint density at radius 1 is 1.35 bits per heavy atom. The monoisotopic (exact) mass is 276 g/mol. The molecule has 0 saturated carbocycles. The second-order valence-electron chi connectivity index (χ2n) is 4.92. The van der Waals surface area contributed by atoms with Crippen molar-refractivity contribution < 1.29 is 9.59 Å². The number of hydrogen-bond acceptors (Lipinski definition) is 4. The molecular formula is C14H20N4O2. The Balaban J connectivity index is 2.40. The Morgan fingerprint density at radius 2 is 2.10 bits per heavy atom. The summed E-state index contributed by atoms with van der Waals surface area (Å²) in [5.74, 6) is -0.591. The molecule has 1 aromatic carbocycles. The number of likely N-dealkylation sites (N-methyl/N-ethyl adjacent to an activating group) is 1. The minimum atomic E-state index is -0.558. The number of rotatable bonds is 3. The lowest BCUT2D eigenvalue weighted by Gasteiger charge is -2.37. The molecule has 0 spiro atoms. The minimum Gasteiger partial charge on any atom is -0.396 e. The second-order valence-corrected chi connectivity index (χ2v) is 4.92. The number of para-hydroxylation sites is 1. The summed E-state index contributed by atoms with van der Waals surface area (Å²) in [4.78, 5) is 25.3. The molecule has 1 saturated heterocycles. The van der Waals surface area contributed by atoms with Gasteiger partial charge < -0.3 is 21.7 Å². The number of benzene rings is 1. The Morgan fingerprint density at radius 3 is 2.75 bits per heavy atom. The first-order valence-electron chi connectivity index (χ1n) is 6.72. The zero-order valence-corrected chi connectivity index (χ0v) is 11.6. The van der Waals surface area contributed by atoms with E-state index < -0.39 is 5.91 Å². The molecule has 5 N–H and O–H groups in total. The minimum absolute atomic E-state index is 0.0337. The largest absolute Gasteiger partial charge is 0.396 e. The molecule has 2 rings (SSSR count). The third-order valence-corrected chi connectivity index (χ3v) is 3.71. The molecule has 1 unspecified atom stereocenters. The lowest BCUT2D eigenvalue weighted by Crippen LogP contribution is -2.49. The van der Waals surface area contributed by atoms with Gasteiger partial charge in [-0.25, -0.2) is 0 Å². The van der Waals surface area contributed by atoms with Crippen molar-refractivity contribution in [1.82, 2.24) is 5.32 Å². The van der Waals surface area contributed by atoms with Gasteiger partial charge in [0, 0.05) is 13.6 Å². The zero-order valence-electron chi connectivity index (χ0n) is 11.6. The summed E-state index contributed by atoms with van der Waals surface area (Å²) in [5.41, 5.74) is 12.7. The number of piperidine rings is 1. The first kappa shape index (κ1) is 14.2. The van der Waals surface area contributed by atoms with Crippen LogP contribution >= 0.6 is 0 Å². The molecule has 2 amide bonds. The first-order valence-corrected chi connectivity index (χ1v) is 6.72. The molecule has 1 aliphatic heterocycles. The van der Waals surface area contributed by atoms with E-state index in [9.17, 15) is 9.59 Å². The van der Waals surface area contributed by atoms with E-state index in [1.807, 2.05) is 11.0 Å². The Hall–Kier alpha value is -2.24. The third kappa shape index (κ3) is 2.54. The molecular weight excluding hydrogens is 256 g/mol. The van der Waals surface area contributed by atoms with Gasteiger partial charge in [0.2, 0.25) is 5.91 Å². The molecule has 20 heavy (non-hydrogen) atoms. The van der Waals surface area contributed by atoms with Crippen LogP contribution in [0.3, 0.4) is 0 Å². The van der Waals surface area contributed by atoms with Crippen molar-refractivity contribution in [2.45, 2.75) is 25.3 Å². The highest BCUT2D eigenvalue weighted by Crippen LogP contribution is 2.31. The normalized spacial score (nSPS) is 18.6. The molecule has 1 heterocycles. The van der Waals surface area contributed by atoms with Crippen molar-refractivity contribution in [3.05, 3.63) is 23.8 Å². The van der Waals surface area contributed by atoms with Gasteiger partial charge in [0.15, 0.2) is 0 Å². The van der Waals surface area contributed by atoms with Crippen LogP contribution in [0.25, 0.3) is 0 Å². The molecule has 0 bridgehead atoms. The number of nitrogens with two attached hydrogens (primary N) is 2. The summed E-state index contributed by atoms with van der Waals surface area (Å²) in [7, 11) is 1.62. The highest BCUT2D eigenvalue weighted by Gasteiger charge is 2.29. The maximum atomic E-state index is 12.0. The quantitative estimate of drug-likeness (QED) is 0.698. The van der Waals surface area contributed by atoms with E-state index in [0.29, 0.717) is 16.9 Å². The van der Waals surface area contributed by atoms with Crippen LogP contribution in [0.4, 0.5) is 11.4 Å². The van der Waals surface area contributed by atoms with E-state index in [4.69, 9.17) is 11.5 Å². The maximum Gasteiger partial charge on any atom is 0.250 e. The number of carbonyl (C=O) groups is 2. The van der Waals surface area contributed by atoms with Gasteiger partial charge in [0.05, 0.1) is 16.9 Å². The van der Waals surface area contributed by atoms with Crippen molar-refractivity contribution in [2.24, 2.45) is 5.73 Å². The Bertz CT molecular complexity index is 530. The highest BCUT2D eigenvalue weighted by atomic mass is 16.2. The lowest BCUT2D eigenvalue weighted by atomic mass is 9.99. The van der Waals surface area contributed by atoms with Crippen LogP contribution in [-0.4, -0.2) is 31.4 Å². The highest BCUT2D eigenvalue weighted by molar-refractivity contribution is 6.01. The number of hydrogen-bond donors (Lipinski definition) is 3. The molecule has 6 heteroatoms. The van der Waals surface area contributed by atoms with Crippen LogP contribution in [-0.2, 0) is 4.79 Å². The van der Waals surface area contributed by atoms with Crippen LogP contribution in [0.2, 0.25) is 0 Å². The van der Waals surface area contributed by atoms with Crippen LogP contribution in [0.1, 0.15) is 29.6 Å². The molecule has 108 valence electrons. The van der Waals surface area contributed by atoms with Gasteiger partial charge in [-0.05, 0) is 31.4 Å². The summed E-state index contributed by atoms with van der Waals surface area (Å²) in [5, 5.41) is 2.68. The number of anilines is 2. The SMILES string of the molecule is CNC(=O)C1CCCCN1c1cccc(C(N)=O)c1N. The molecule has 6 nitrogen and oxygen atoms in total. The van der Waals surface area contributed by atoms with Crippen LogP contribution in [0.15, 0.2) is 18.2 Å². The molecule has 1 fully saturated rings. The van der Waals surface area contributed by atoms with Gasteiger partial charge >= 0.3 is 0 Å². The fourth-order valence-electron chi connectivity index (χ4n) is 2.68. The summed E-state index contributed by atoms with van der Waals surface area (Å²) in [6.07, 6.45) is 2.78. The molecule has 1 aromatic rings. The van der Waals surface area contributed by atoms with E-state index in [1.54, 1.807) is 19.2 Å². The van der Waals surface area contributed by atoms with E-state index >= 15 is 0 Å². The standard InChI is InChI=1S/C14H20N4O2/c1-17-14(20)11-6-2-3-8-18(11)10-7-4-5-9(12(10)15)13(16)19/h4-5,7,11H,2-3,6,8,15H2,1H3,(H2,16,19)(H,17,20). The summed E-state index contributed by atoms with van der Waals surface area (Å²) in [6, 6.07) is 4.91. The van der Waals surface area contributed by atoms with Gasteiger partial charge in [-0.1, -0.05) is 6.07 Å². The summed E-state index contributed by atoms with van der Waals surface area (Å²) in [6.45, 7) is 0.741. The molecule has 1 atom stereocenters. The number of nitrogens with zero attached hydrogens (tertiary/aromatic N) is 1. The average Bonchev–Trinajstić information content (AvgIpc) is 2.46. The van der Waals surface area contributed by atoms with Gasteiger partial charge in [0.1, 0.15) is 6.04 Å². The Kier molecular flexibility index (Phi) is 4.12. The molecule has 0 aliphatic carbocycles.